The molecular weight excluding hydrogens is 262 g/mol. The predicted octanol–water partition coefficient (Wildman–Crippen LogP) is 3.83. The van der Waals surface area contributed by atoms with Crippen LogP contribution in [-0.2, 0) is 16.1 Å². The summed E-state index contributed by atoms with van der Waals surface area (Å²) in [5.74, 6) is 0.530. The summed E-state index contributed by atoms with van der Waals surface area (Å²) in [5, 5.41) is 1.87. The molecule has 2 atom stereocenters. The van der Waals surface area contributed by atoms with Gasteiger partial charge in [0.2, 0.25) is 0 Å². The molecule has 1 heterocycles. The van der Waals surface area contributed by atoms with Gasteiger partial charge in [0.15, 0.2) is 0 Å². The first-order chi connectivity index (χ1) is 9.86. The standard InChI is InChI=1S/C18H27NO2/c1-14-12-16(13-15-8-6-5-7-9-15)10-11-19(14)21-17(20)18(2,3)4/h5-9,14,16H,10-13H2,1-4H3. The van der Waals surface area contributed by atoms with Crippen LogP contribution in [0.3, 0.4) is 0 Å². The number of carbonyl (C=O) groups excluding carboxylic acids is 1. The number of carbonyl (C=O) groups is 1. The SMILES string of the molecule is CC1CC(Cc2ccccc2)CCN1OC(=O)C(C)(C)C. The van der Waals surface area contributed by atoms with Gasteiger partial charge in [-0.05, 0) is 58.4 Å². The number of hydrogen-bond acceptors (Lipinski definition) is 3. The fourth-order valence-electron chi connectivity index (χ4n) is 2.76. The molecule has 3 nitrogen and oxygen atoms in total. The molecule has 1 aromatic carbocycles. The maximum absolute atomic E-state index is 12.0. The van der Waals surface area contributed by atoms with E-state index >= 15 is 0 Å². The highest BCUT2D eigenvalue weighted by molar-refractivity contribution is 5.75. The van der Waals surface area contributed by atoms with E-state index in [9.17, 15) is 4.79 Å². The molecule has 0 N–H and O–H groups in total. The van der Waals surface area contributed by atoms with Crippen molar-refractivity contribution >= 4 is 5.97 Å². The third-order valence-corrected chi connectivity index (χ3v) is 4.10. The summed E-state index contributed by atoms with van der Waals surface area (Å²) in [6.45, 7) is 8.65. The molecule has 0 saturated carbocycles. The van der Waals surface area contributed by atoms with Gasteiger partial charge in [0.05, 0.1) is 5.41 Å². The Balaban J connectivity index is 1.86. The van der Waals surface area contributed by atoms with E-state index in [0.717, 1.165) is 25.8 Å². The Morgan fingerprint density at radius 2 is 1.95 bits per heavy atom. The van der Waals surface area contributed by atoms with Crippen LogP contribution < -0.4 is 0 Å². The largest absolute Gasteiger partial charge is 0.367 e. The van der Waals surface area contributed by atoms with Crippen LogP contribution in [0.15, 0.2) is 30.3 Å². The third-order valence-electron chi connectivity index (χ3n) is 4.10. The van der Waals surface area contributed by atoms with Crippen molar-refractivity contribution in [3.8, 4) is 0 Å². The highest BCUT2D eigenvalue weighted by Crippen LogP contribution is 2.27. The molecule has 0 aromatic heterocycles. The van der Waals surface area contributed by atoms with Gasteiger partial charge in [-0.2, -0.15) is 0 Å². The van der Waals surface area contributed by atoms with E-state index in [0.29, 0.717) is 12.0 Å². The minimum absolute atomic E-state index is 0.143. The normalized spacial score (nSPS) is 23.8. The Bertz CT molecular complexity index is 464. The molecule has 0 spiro atoms. The van der Waals surface area contributed by atoms with Crippen LogP contribution >= 0.6 is 0 Å². The zero-order valence-electron chi connectivity index (χ0n) is 13.6. The van der Waals surface area contributed by atoms with Crippen LogP contribution in [0.1, 0.15) is 46.1 Å². The second-order valence-corrected chi connectivity index (χ2v) is 7.20. The Morgan fingerprint density at radius 3 is 2.52 bits per heavy atom. The molecule has 0 amide bonds. The first kappa shape index (κ1) is 16.0. The van der Waals surface area contributed by atoms with Gasteiger partial charge < -0.3 is 4.84 Å². The van der Waals surface area contributed by atoms with Crippen molar-refractivity contribution in [1.29, 1.82) is 0 Å². The van der Waals surface area contributed by atoms with Crippen LogP contribution in [-0.4, -0.2) is 23.6 Å². The number of rotatable bonds is 3. The summed E-state index contributed by atoms with van der Waals surface area (Å²) in [4.78, 5) is 17.5. The van der Waals surface area contributed by atoms with Crippen molar-refractivity contribution in [2.75, 3.05) is 6.54 Å². The minimum atomic E-state index is -0.444. The summed E-state index contributed by atoms with van der Waals surface area (Å²) in [7, 11) is 0. The monoisotopic (exact) mass is 289 g/mol. The van der Waals surface area contributed by atoms with Gasteiger partial charge in [0.1, 0.15) is 0 Å². The number of hydroxylamine groups is 2. The zero-order chi connectivity index (χ0) is 15.5. The first-order valence-corrected chi connectivity index (χ1v) is 7.89. The van der Waals surface area contributed by atoms with Gasteiger partial charge >= 0.3 is 5.97 Å². The van der Waals surface area contributed by atoms with Gasteiger partial charge in [0, 0.05) is 12.6 Å². The lowest BCUT2D eigenvalue weighted by molar-refractivity contribution is -0.218. The van der Waals surface area contributed by atoms with E-state index < -0.39 is 5.41 Å². The van der Waals surface area contributed by atoms with Gasteiger partial charge in [-0.3, -0.25) is 0 Å². The number of benzene rings is 1. The van der Waals surface area contributed by atoms with Crippen LogP contribution in [0.5, 0.6) is 0 Å². The maximum atomic E-state index is 12.0. The van der Waals surface area contributed by atoms with Gasteiger partial charge in [-0.1, -0.05) is 30.3 Å². The Kier molecular flexibility index (Phi) is 5.04. The van der Waals surface area contributed by atoms with E-state index in [1.807, 2.05) is 25.8 Å². The highest BCUT2D eigenvalue weighted by atomic mass is 16.7. The highest BCUT2D eigenvalue weighted by Gasteiger charge is 2.31. The molecule has 1 aliphatic rings. The molecule has 0 radical (unpaired) electrons. The summed E-state index contributed by atoms with van der Waals surface area (Å²) in [6.07, 6.45) is 3.27. The minimum Gasteiger partial charge on any atom is -0.367 e. The number of hydrogen-bond donors (Lipinski definition) is 0. The lowest BCUT2D eigenvalue weighted by Crippen LogP contribution is -2.44. The van der Waals surface area contributed by atoms with E-state index in [2.05, 4.69) is 37.3 Å². The molecule has 116 valence electrons. The van der Waals surface area contributed by atoms with Gasteiger partial charge in [-0.15, -0.1) is 5.06 Å². The zero-order valence-corrected chi connectivity index (χ0v) is 13.6. The second-order valence-electron chi connectivity index (χ2n) is 7.20. The van der Waals surface area contributed by atoms with Crippen molar-refractivity contribution in [3.63, 3.8) is 0 Å². The topological polar surface area (TPSA) is 29.5 Å². The second kappa shape index (κ2) is 6.61. The van der Waals surface area contributed by atoms with Crippen LogP contribution in [0, 0.1) is 11.3 Å². The smallest absolute Gasteiger partial charge is 0.330 e. The molecular formula is C18H27NO2. The molecule has 0 bridgehead atoms. The molecule has 2 rings (SSSR count). The van der Waals surface area contributed by atoms with Crippen LogP contribution in [0.2, 0.25) is 0 Å². The van der Waals surface area contributed by atoms with Crippen molar-refractivity contribution in [2.45, 2.75) is 53.0 Å². The maximum Gasteiger partial charge on any atom is 0.330 e. The fraction of sp³-hybridized carbons (Fsp3) is 0.611. The van der Waals surface area contributed by atoms with E-state index in [1.54, 1.807) is 0 Å². The van der Waals surface area contributed by atoms with Crippen molar-refractivity contribution < 1.29 is 9.63 Å². The van der Waals surface area contributed by atoms with Crippen LogP contribution in [0.4, 0.5) is 0 Å². The van der Waals surface area contributed by atoms with E-state index in [4.69, 9.17) is 4.84 Å². The molecule has 1 aliphatic heterocycles. The third kappa shape index (κ3) is 4.57. The van der Waals surface area contributed by atoms with Gasteiger partial charge in [-0.25, -0.2) is 4.79 Å². The van der Waals surface area contributed by atoms with Crippen molar-refractivity contribution in [3.05, 3.63) is 35.9 Å². The van der Waals surface area contributed by atoms with Crippen molar-refractivity contribution in [1.82, 2.24) is 5.06 Å². The first-order valence-electron chi connectivity index (χ1n) is 7.89. The molecule has 1 saturated heterocycles. The quantitative estimate of drug-likeness (QED) is 0.847. The number of piperidine rings is 1. The van der Waals surface area contributed by atoms with E-state index in [-0.39, 0.29) is 5.97 Å². The van der Waals surface area contributed by atoms with Crippen molar-refractivity contribution in [2.24, 2.45) is 11.3 Å². The average molecular weight is 289 g/mol. The molecule has 2 unspecified atom stereocenters. The summed E-state index contributed by atoms with van der Waals surface area (Å²) >= 11 is 0. The number of nitrogens with zero attached hydrogens (tertiary/aromatic N) is 1. The summed E-state index contributed by atoms with van der Waals surface area (Å²) < 4.78 is 0. The summed E-state index contributed by atoms with van der Waals surface area (Å²) in [5.41, 5.74) is 0.954. The average Bonchev–Trinajstić information content (AvgIpc) is 2.42. The summed E-state index contributed by atoms with van der Waals surface area (Å²) in [6, 6.07) is 10.9. The van der Waals surface area contributed by atoms with Crippen LogP contribution in [0.25, 0.3) is 0 Å². The van der Waals surface area contributed by atoms with E-state index in [1.165, 1.54) is 5.56 Å². The lowest BCUT2D eigenvalue weighted by atomic mass is 9.87. The molecule has 1 fully saturated rings. The molecule has 3 heteroatoms. The molecule has 0 aliphatic carbocycles. The Morgan fingerprint density at radius 1 is 1.29 bits per heavy atom. The lowest BCUT2D eigenvalue weighted by Gasteiger charge is -2.37. The molecule has 1 aromatic rings. The fourth-order valence-corrected chi connectivity index (χ4v) is 2.76. The van der Waals surface area contributed by atoms with Gasteiger partial charge in [0.25, 0.3) is 0 Å². The Hall–Kier alpha value is -1.35. The predicted molar refractivity (Wildman–Crippen MR) is 84.6 cm³/mol. The molecule has 21 heavy (non-hydrogen) atoms. The Labute approximate surface area is 128 Å².